The van der Waals surface area contributed by atoms with Crippen molar-refractivity contribution in [3.8, 4) is 5.75 Å². The molecular formula is C16H24N2O. The predicted molar refractivity (Wildman–Crippen MR) is 79.2 cm³/mol. The van der Waals surface area contributed by atoms with E-state index in [0.29, 0.717) is 6.04 Å². The fourth-order valence-electron chi connectivity index (χ4n) is 3.16. The van der Waals surface area contributed by atoms with Crippen LogP contribution in [0.3, 0.4) is 0 Å². The largest absolute Gasteiger partial charge is 0.490 e. The number of benzene rings is 1. The third kappa shape index (κ3) is 2.86. The maximum Gasteiger partial charge on any atom is 0.142 e. The van der Waals surface area contributed by atoms with E-state index >= 15 is 0 Å². The molecule has 2 heterocycles. The van der Waals surface area contributed by atoms with Gasteiger partial charge in [-0.2, -0.15) is 0 Å². The first-order valence-corrected chi connectivity index (χ1v) is 7.61. The highest BCUT2D eigenvalue weighted by Gasteiger charge is 2.19. The van der Waals surface area contributed by atoms with E-state index in [1.807, 2.05) is 0 Å². The Hall–Kier alpha value is -1.22. The Bertz CT molecular complexity index is 427. The molecule has 1 atom stereocenters. The summed E-state index contributed by atoms with van der Waals surface area (Å²) in [5.41, 5.74) is 2.73. The molecule has 3 nitrogen and oxygen atoms in total. The van der Waals surface area contributed by atoms with Gasteiger partial charge in [-0.1, -0.05) is 13.0 Å². The zero-order chi connectivity index (χ0) is 13.1. The van der Waals surface area contributed by atoms with E-state index in [4.69, 9.17) is 4.74 Å². The first-order chi connectivity index (χ1) is 9.36. The summed E-state index contributed by atoms with van der Waals surface area (Å²) < 4.78 is 5.77. The molecular weight excluding hydrogens is 236 g/mol. The Balaban J connectivity index is 1.77. The lowest BCUT2D eigenvalue weighted by atomic mass is 10.0. The Morgan fingerprint density at radius 1 is 1.42 bits per heavy atom. The van der Waals surface area contributed by atoms with Crippen molar-refractivity contribution in [3.63, 3.8) is 0 Å². The van der Waals surface area contributed by atoms with Gasteiger partial charge in [0.15, 0.2) is 0 Å². The summed E-state index contributed by atoms with van der Waals surface area (Å²) in [6.45, 7) is 6.38. The van der Waals surface area contributed by atoms with Crippen LogP contribution in [-0.2, 0) is 6.42 Å². The summed E-state index contributed by atoms with van der Waals surface area (Å²) in [5, 5.41) is 3.58. The molecule has 104 valence electrons. The van der Waals surface area contributed by atoms with Gasteiger partial charge < -0.3 is 15.0 Å². The first kappa shape index (κ1) is 12.8. The molecule has 0 bridgehead atoms. The van der Waals surface area contributed by atoms with E-state index in [9.17, 15) is 0 Å². The topological polar surface area (TPSA) is 24.5 Å². The van der Waals surface area contributed by atoms with Gasteiger partial charge in [-0.15, -0.1) is 0 Å². The third-order valence-corrected chi connectivity index (χ3v) is 4.12. The molecule has 3 rings (SSSR count). The van der Waals surface area contributed by atoms with E-state index in [-0.39, 0.29) is 0 Å². The van der Waals surface area contributed by atoms with Gasteiger partial charge in [-0.3, -0.25) is 0 Å². The lowest BCUT2D eigenvalue weighted by Gasteiger charge is -2.31. The van der Waals surface area contributed by atoms with E-state index < -0.39 is 0 Å². The van der Waals surface area contributed by atoms with Crippen molar-refractivity contribution in [1.29, 1.82) is 0 Å². The summed E-state index contributed by atoms with van der Waals surface area (Å²) in [6, 6.07) is 7.39. The third-order valence-electron chi connectivity index (χ3n) is 4.12. The van der Waals surface area contributed by atoms with Crippen LogP contribution in [-0.4, -0.2) is 32.3 Å². The zero-order valence-electron chi connectivity index (χ0n) is 11.8. The zero-order valence-corrected chi connectivity index (χ0v) is 11.8. The van der Waals surface area contributed by atoms with Gasteiger partial charge in [0.2, 0.25) is 0 Å². The summed E-state index contributed by atoms with van der Waals surface area (Å²) in [6.07, 6.45) is 4.97. The highest BCUT2D eigenvalue weighted by molar-refractivity contribution is 5.61. The van der Waals surface area contributed by atoms with Gasteiger partial charge >= 0.3 is 0 Å². The number of ether oxygens (including phenoxy) is 1. The van der Waals surface area contributed by atoms with Gasteiger partial charge in [0.05, 0.1) is 12.2 Å². The molecule has 0 aliphatic carbocycles. The van der Waals surface area contributed by atoms with Crippen molar-refractivity contribution < 1.29 is 4.74 Å². The fourth-order valence-corrected chi connectivity index (χ4v) is 3.16. The molecule has 2 aliphatic heterocycles. The van der Waals surface area contributed by atoms with Crippen LogP contribution in [0.1, 0.15) is 31.7 Å². The van der Waals surface area contributed by atoms with Gasteiger partial charge in [0, 0.05) is 12.6 Å². The van der Waals surface area contributed by atoms with Gasteiger partial charge in [0.25, 0.3) is 0 Å². The smallest absolute Gasteiger partial charge is 0.142 e. The SMILES string of the molecule is CCCN1CCOc2ccc(CC3CCCN3)cc21. The second-order valence-electron chi connectivity index (χ2n) is 5.63. The van der Waals surface area contributed by atoms with Crippen molar-refractivity contribution in [2.75, 3.05) is 31.1 Å². The quantitative estimate of drug-likeness (QED) is 0.900. The molecule has 0 saturated carbocycles. The molecule has 1 unspecified atom stereocenters. The van der Waals surface area contributed by atoms with Crippen molar-refractivity contribution in [3.05, 3.63) is 23.8 Å². The molecule has 1 N–H and O–H groups in total. The highest BCUT2D eigenvalue weighted by Crippen LogP contribution is 2.33. The number of hydrogen-bond acceptors (Lipinski definition) is 3. The number of hydrogen-bond donors (Lipinski definition) is 1. The second kappa shape index (κ2) is 5.83. The normalized spacial score (nSPS) is 22.2. The summed E-state index contributed by atoms with van der Waals surface area (Å²) in [5.74, 6) is 1.06. The predicted octanol–water partition coefficient (Wildman–Crippen LogP) is 2.59. The summed E-state index contributed by atoms with van der Waals surface area (Å²) in [7, 11) is 0. The van der Waals surface area contributed by atoms with Crippen LogP contribution in [0.25, 0.3) is 0 Å². The molecule has 0 radical (unpaired) electrons. The number of anilines is 1. The van der Waals surface area contributed by atoms with Crippen LogP contribution in [0.15, 0.2) is 18.2 Å². The maximum absolute atomic E-state index is 5.77. The van der Waals surface area contributed by atoms with Gasteiger partial charge in [-0.05, 0) is 49.9 Å². The highest BCUT2D eigenvalue weighted by atomic mass is 16.5. The Morgan fingerprint density at radius 2 is 2.37 bits per heavy atom. The maximum atomic E-state index is 5.77. The molecule has 0 amide bonds. The molecule has 1 aromatic rings. The number of fused-ring (bicyclic) bond motifs is 1. The summed E-state index contributed by atoms with van der Waals surface area (Å²) >= 11 is 0. The standard InChI is InChI=1S/C16H24N2O/c1-2-8-18-9-10-19-16-6-5-13(12-15(16)18)11-14-4-3-7-17-14/h5-6,12,14,17H,2-4,7-11H2,1H3. The van der Waals surface area contributed by atoms with Gasteiger partial charge in [-0.25, -0.2) is 0 Å². The van der Waals surface area contributed by atoms with Crippen molar-refractivity contribution >= 4 is 5.69 Å². The average molecular weight is 260 g/mol. The van der Waals surface area contributed by atoms with E-state index in [2.05, 4.69) is 35.3 Å². The molecule has 0 spiro atoms. The fraction of sp³-hybridized carbons (Fsp3) is 0.625. The van der Waals surface area contributed by atoms with Crippen molar-refractivity contribution in [2.45, 2.75) is 38.6 Å². The Morgan fingerprint density at radius 3 is 3.16 bits per heavy atom. The minimum atomic E-state index is 0.669. The van der Waals surface area contributed by atoms with Crippen LogP contribution in [0.4, 0.5) is 5.69 Å². The lowest BCUT2D eigenvalue weighted by Crippen LogP contribution is -2.33. The number of rotatable bonds is 4. The van der Waals surface area contributed by atoms with Crippen LogP contribution in [0.5, 0.6) is 5.75 Å². The molecule has 0 aromatic heterocycles. The number of nitrogens with zero attached hydrogens (tertiary/aromatic N) is 1. The van der Waals surface area contributed by atoms with Gasteiger partial charge in [0.1, 0.15) is 12.4 Å². The van der Waals surface area contributed by atoms with Crippen molar-refractivity contribution in [2.24, 2.45) is 0 Å². The van der Waals surface area contributed by atoms with E-state index in [0.717, 1.165) is 31.9 Å². The van der Waals surface area contributed by atoms with Crippen LogP contribution in [0, 0.1) is 0 Å². The Labute approximate surface area is 115 Å². The second-order valence-corrected chi connectivity index (χ2v) is 5.63. The summed E-state index contributed by atoms with van der Waals surface area (Å²) in [4.78, 5) is 2.46. The molecule has 19 heavy (non-hydrogen) atoms. The first-order valence-electron chi connectivity index (χ1n) is 7.61. The monoisotopic (exact) mass is 260 g/mol. The molecule has 1 saturated heterocycles. The molecule has 2 aliphatic rings. The van der Waals surface area contributed by atoms with Crippen LogP contribution < -0.4 is 15.0 Å². The van der Waals surface area contributed by atoms with E-state index in [1.165, 1.54) is 37.1 Å². The van der Waals surface area contributed by atoms with Crippen molar-refractivity contribution in [1.82, 2.24) is 5.32 Å². The van der Waals surface area contributed by atoms with Crippen LogP contribution >= 0.6 is 0 Å². The molecule has 1 aromatic carbocycles. The molecule has 1 fully saturated rings. The van der Waals surface area contributed by atoms with E-state index in [1.54, 1.807) is 0 Å². The number of nitrogens with one attached hydrogen (secondary N) is 1. The lowest BCUT2D eigenvalue weighted by molar-refractivity contribution is 0.307. The Kier molecular flexibility index (Phi) is 3.92. The van der Waals surface area contributed by atoms with Crippen LogP contribution in [0.2, 0.25) is 0 Å². The minimum Gasteiger partial charge on any atom is -0.490 e. The minimum absolute atomic E-state index is 0.669. The average Bonchev–Trinajstić information content (AvgIpc) is 2.93. The molecule has 3 heteroatoms.